The number of hydrogen-bond acceptors (Lipinski definition) is 1. The molecular formula is C14H11ClOS. The first-order valence-corrected chi connectivity index (χ1v) is 6.74. The average Bonchev–Trinajstić information content (AvgIpc) is 2.39. The molecule has 86 valence electrons. The van der Waals surface area contributed by atoms with E-state index in [1.165, 1.54) is 0 Å². The monoisotopic (exact) mass is 262 g/mol. The van der Waals surface area contributed by atoms with Crippen LogP contribution in [-0.4, -0.2) is 4.21 Å². The third-order valence-corrected chi connectivity index (χ3v) is 3.60. The first-order valence-electron chi connectivity index (χ1n) is 5.15. The first kappa shape index (κ1) is 12.1. The summed E-state index contributed by atoms with van der Waals surface area (Å²) in [6, 6.07) is 16.8. The van der Waals surface area contributed by atoms with Crippen LogP contribution >= 0.6 is 11.6 Å². The minimum atomic E-state index is -1.10. The zero-order chi connectivity index (χ0) is 12.1. The Morgan fingerprint density at radius 3 is 2.24 bits per heavy atom. The maximum absolute atomic E-state index is 11.9. The second-order valence-corrected chi connectivity index (χ2v) is 5.24. The minimum absolute atomic E-state index is 0.700. The highest BCUT2D eigenvalue weighted by molar-refractivity contribution is 7.88. The van der Waals surface area contributed by atoms with Crippen molar-refractivity contribution in [3.63, 3.8) is 0 Å². The lowest BCUT2D eigenvalue weighted by molar-refractivity contribution is 0.688. The van der Waals surface area contributed by atoms with Gasteiger partial charge in [0.1, 0.15) is 0 Å². The van der Waals surface area contributed by atoms with E-state index in [2.05, 4.69) is 0 Å². The molecule has 2 aromatic carbocycles. The largest absolute Gasteiger partial charge is 0.250 e. The van der Waals surface area contributed by atoms with Crippen LogP contribution in [0.25, 0.3) is 6.08 Å². The van der Waals surface area contributed by atoms with Gasteiger partial charge in [-0.05, 0) is 35.9 Å². The van der Waals surface area contributed by atoms with Crippen molar-refractivity contribution in [2.75, 3.05) is 0 Å². The molecule has 0 saturated carbocycles. The van der Waals surface area contributed by atoms with Crippen LogP contribution < -0.4 is 0 Å². The lowest BCUT2D eigenvalue weighted by atomic mass is 10.2. The van der Waals surface area contributed by atoms with Gasteiger partial charge in [0.25, 0.3) is 0 Å². The fourth-order valence-corrected chi connectivity index (χ4v) is 2.34. The van der Waals surface area contributed by atoms with Gasteiger partial charge in [-0.3, -0.25) is 0 Å². The second-order valence-electron chi connectivity index (χ2n) is 3.46. The van der Waals surface area contributed by atoms with Gasteiger partial charge in [-0.1, -0.05) is 41.9 Å². The van der Waals surface area contributed by atoms with E-state index in [0.29, 0.717) is 5.02 Å². The quantitative estimate of drug-likeness (QED) is 0.813. The van der Waals surface area contributed by atoms with Gasteiger partial charge in [-0.25, -0.2) is 4.21 Å². The smallest absolute Gasteiger partial charge is 0.0776 e. The Hall–Kier alpha value is -1.38. The maximum Gasteiger partial charge on any atom is 0.0776 e. The molecule has 2 aromatic rings. The van der Waals surface area contributed by atoms with E-state index < -0.39 is 10.8 Å². The van der Waals surface area contributed by atoms with E-state index >= 15 is 0 Å². The first-order chi connectivity index (χ1) is 8.25. The molecule has 0 aromatic heterocycles. The van der Waals surface area contributed by atoms with Crippen LogP contribution in [0.15, 0.2) is 64.9 Å². The Bertz CT molecular complexity index is 532. The van der Waals surface area contributed by atoms with Crippen molar-refractivity contribution >= 4 is 28.5 Å². The Morgan fingerprint density at radius 1 is 0.941 bits per heavy atom. The van der Waals surface area contributed by atoms with Crippen molar-refractivity contribution in [1.29, 1.82) is 0 Å². The van der Waals surface area contributed by atoms with Crippen molar-refractivity contribution in [1.82, 2.24) is 0 Å². The molecule has 0 aliphatic carbocycles. The minimum Gasteiger partial charge on any atom is -0.250 e. The highest BCUT2D eigenvalue weighted by Gasteiger charge is 1.97. The molecular weight excluding hydrogens is 252 g/mol. The van der Waals surface area contributed by atoms with Crippen LogP contribution in [0.1, 0.15) is 5.56 Å². The standard InChI is InChI=1S/C14H11ClOS/c15-13-8-6-12(7-9-13)10-11-17(16)14-4-2-1-3-5-14/h1-11H/b11-10-. The molecule has 3 heteroatoms. The number of hydrogen-bond donors (Lipinski definition) is 0. The van der Waals surface area contributed by atoms with E-state index in [1.54, 1.807) is 5.41 Å². The maximum atomic E-state index is 11.9. The molecule has 0 aliphatic rings. The molecule has 0 heterocycles. The summed E-state index contributed by atoms with van der Waals surface area (Å²) in [7, 11) is -1.10. The summed E-state index contributed by atoms with van der Waals surface area (Å²) in [4.78, 5) is 0.803. The molecule has 0 radical (unpaired) electrons. The highest BCUT2D eigenvalue weighted by Crippen LogP contribution is 2.12. The highest BCUT2D eigenvalue weighted by atomic mass is 35.5. The van der Waals surface area contributed by atoms with Crippen molar-refractivity contribution < 1.29 is 4.21 Å². The van der Waals surface area contributed by atoms with Gasteiger partial charge in [0, 0.05) is 15.3 Å². The second kappa shape index (κ2) is 5.80. The van der Waals surface area contributed by atoms with Gasteiger partial charge < -0.3 is 0 Å². The van der Waals surface area contributed by atoms with Crippen molar-refractivity contribution in [2.24, 2.45) is 0 Å². The Labute approximate surface area is 108 Å². The van der Waals surface area contributed by atoms with E-state index in [-0.39, 0.29) is 0 Å². The van der Waals surface area contributed by atoms with Crippen LogP contribution in [0.4, 0.5) is 0 Å². The zero-order valence-corrected chi connectivity index (χ0v) is 10.6. The van der Waals surface area contributed by atoms with E-state index in [1.807, 2.05) is 60.7 Å². The van der Waals surface area contributed by atoms with Crippen LogP contribution in [0.3, 0.4) is 0 Å². The molecule has 0 N–H and O–H groups in total. The van der Waals surface area contributed by atoms with E-state index in [4.69, 9.17) is 11.6 Å². The summed E-state index contributed by atoms with van der Waals surface area (Å²) in [6.07, 6.45) is 1.83. The summed E-state index contributed by atoms with van der Waals surface area (Å²) in [5, 5.41) is 2.38. The van der Waals surface area contributed by atoms with Crippen molar-refractivity contribution in [3.8, 4) is 0 Å². The van der Waals surface area contributed by atoms with E-state index in [0.717, 1.165) is 10.5 Å². The fourth-order valence-electron chi connectivity index (χ4n) is 1.35. The number of halogens is 1. The SMILES string of the molecule is O=S(/C=C\c1ccc(Cl)cc1)c1ccccc1. The predicted molar refractivity (Wildman–Crippen MR) is 73.3 cm³/mol. The van der Waals surface area contributed by atoms with Gasteiger partial charge in [0.15, 0.2) is 0 Å². The average molecular weight is 263 g/mol. The summed E-state index contributed by atoms with van der Waals surface area (Å²) in [5.41, 5.74) is 0.985. The topological polar surface area (TPSA) is 17.1 Å². The molecule has 1 nitrogen and oxygen atoms in total. The lowest BCUT2D eigenvalue weighted by Crippen LogP contribution is -1.84. The van der Waals surface area contributed by atoms with Crippen LogP contribution in [-0.2, 0) is 10.8 Å². The molecule has 0 saturated heterocycles. The molecule has 0 fully saturated rings. The third kappa shape index (κ3) is 3.55. The van der Waals surface area contributed by atoms with E-state index in [9.17, 15) is 4.21 Å². The Kier molecular flexibility index (Phi) is 4.13. The molecule has 0 amide bonds. The van der Waals surface area contributed by atoms with Crippen LogP contribution in [0.5, 0.6) is 0 Å². The molecule has 1 atom stereocenters. The molecule has 0 spiro atoms. The lowest BCUT2D eigenvalue weighted by Gasteiger charge is -1.96. The molecule has 0 bridgehead atoms. The molecule has 2 rings (SSSR count). The Balaban J connectivity index is 2.11. The van der Waals surface area contributed by atoms with Crippen LogP contribution in [0, 0.1) is 0 Å². The fraction of sp³-hybridized carbons (Fsp3) is 0. The van der Waals surface area contributed by atoms with Gasteiger partial charge in [-0.2, -0.15) is 0 Å². The van der Waals surface area contributed by atoms with Crippen molar-refractivity contribution in [3.05, 3.63) is 70.6 Å². The summed E-state index contributed by atoms with van der Waals surface area (Å²) in [5.74, 6) is 0. The zero-order valence-electron chi connectivity index (χ0n) is 9.05. The van der Waals surface area contributed by atoms with Crippen molar-refractivity contribution in [2.45, 2.75) is 4.90 Å². The summed E-state index contributed by atoms with van der Waals surface area (Å²) >= 11 is 5.79. The summed E-state index contributed by atoms with van der Waals surface area (Å²) in [6.45, 7) is 0. The van der Waals surface area contributed by atoms with Gasteiger partial charge in [0.2, 0.25) is 0 Å². The van der Waals surface area contributed by atoms with Gasteiger partial charge >= 0.3 is 0 Å². The normalized spacial score (nSPS) is 12.8. The predicted octanol–water partition coefficient (Wildman–Crippen LogP) is 4.12. The van der Waals surface area contributed by atoms with Crippen LogP contribution in [0.2, 0.25) is 5.02 Å². The van der Waals surface area contributed by atoms with Gasteiger partial charge in [0.05, 0.1) is 10.8 Å². The number of rotatable bonds is 3. The molecule has 1 unspecified atom stereocenters. The number of benzene rings is 2. The third-order valence-electron chi connectivity index (χ3n) is 2.23. The van der Waals surface area contributed by atoms with Gasteiger partial charge in [-0.15, -0.1) is 0 Å². The molecule has 17 heavy (non-hydrogen) atoms. The Morgan fingerprint density at radius 2 is 1.59 bits per heavy atom. The summed E-state index contributed by atoms with van der Waals surface area (Å²) < 4.78 is 11.9. The molecule has 0 aliphatic heterocycles.